The first-order valence-electron chi connectivity index (χ1n) is 5.62. The Morgan fingerprint density at radius 3 is 2.60 bits per heavy atom. The lowest BCUT2D eigenvalue weighted by atomic mass is 9.98. The summed E-state index contributed by atoms with van der Waals surface area (Å²) in [6.45, 7) is 6.34. The Kier molecular flexibility index (Phi) is 3.08. The van der Waals surface area contributed by atoms with Gasteiger partial charge in [-0.25, -0.2) is 0 Å². The molecular weight excluding hydrogens is 186 g/mol. The predicted octanol–water partition coefficient (Wildman–Crippen LogP) is 2.30. The lowest BCUT2D eigenvalue weighted by molar-refractivity contribution is -0.0670. The molecule has 2 heteroatoms. The number of rotatable bonds is 3. The van der Waals surface area contributed by atoms with Gasteiger partial charge in [0.2, 0.25) is 0 Å². The monoisotopic (exact) mass is 205 g/mol. The van der Waals surface area contributed by atoms with Crippen molar-refractivity contribution in [3.63, 3.8) is 0 Å². The van der Waals surface area contributed by atoms with Crippen molar-refractivity contribution in [3.8, 4) is 0 Å². The van der Waals surface area contributed by atoms with Gasteiger partial charge in [-0.05, 0) is 32.4 Å². The van der Waals surface area contributed by atoms with Crippen molar-refractivity contribution in [2.24, 2.45) is 0 Å². The van der Waals surface area contributed by atoms with Crippen molar-refractivity contribution in [2.45, 2.75) is 32.0 Å². The fourth-order valence-corrected chi connectivity index (χ4v) is 2.05. The highest BCUT2D eigenvalue weighted by Gasteiger charge is 2.27. The van der Waals surface area contributed by atoms with E-state index in [1.54, 1.807) is 0 Å². The van der Waals surface area contributed by atoms with E-state index in [1.807, 2.05) is 6.07 Å². The van der Waals surface area contributed by atoms with E-state index in [-0.39, 0.29) is 5.60 Å². The molecule has 1 fully saturated rings. The smallest absolute Gasteiger partial charge is 0.0879 e. The number of ether oxygens (including phenoxy) is 1. The average Bonchev–Trinajstić information content (AvgIpc) is 2.71. The molecule has 1 aromatic carbocycles. The second-order valence-corrected chi connectivity index (χ2v) is 4.61. The molecule has 1 N–H and O–H groups in total. The van der Waals surface area contributed by atoms with Crippen molar-refractivity contribution in [3.05, 3.63) is 35.9 Å². The van der Waals surface area contributed by atoms with Crippen LogP contribution in [0.3, 0.4) is 0 Å². The molecule has 0 radical (unpaired) electrons. The molecule has 0 aromatic heterocycles. The van der Waals surface area contributed by atoms with Gasteiger partial charge in [-0.3, -0.25) is 0 Å². The Morgan fingerprint density at radius 2 is 2.00 bits per heavy atom. The van der Waals surface area contributed by atoms with Gasteiger partial charge in [-0.1, -0.05) is 30.3 Å². The number of hydrogen-bond donors (Lipinski definition) is 1. The third kappa shape index (κ3) is 2.58. The molecule has 82 valence electrons. The van der Waals surface area contributed by atoms with Crippen LogP contribution in [0.1, 0.15) is 25.8 Å². The van der Waals surface area contributed by atoms with Gasteiger partial charge in [-0.15, -0.1) is 0 Å². The maximum absolute atomic E-state index is 6.12. The van der Waals surface area contributed by atoms with Gasteiger partial charge in [0, 0.05) is 6.54 Å². The zero-order chi connectivity index (χ0) is 10.7. The van der Waals surface area contributed by atoms with E-state index in [9.17, 15) is 0 Å². The molecule has 1 unspecified atom stereocenters. The zero-order valence-electron chi connectivity index (χ0n) is 9.49. The summed E-state index contributed by atoms with van der Waals surface area (Å²) in [7, 11) is 0. The summed E-state index contributed by atoms with van der Waals surface area (Å²) < 4.78 is 6.12. The summed E-state index contributed by atoms with van der Waals surface area (Å²) in [5, 5.41) is 3.32. The van der Waals surface area contributed by atoms with Gasteiger partial charge in [-0.2, -0.15) is 0 Å². The Labute approximate surface area is 91.6 Å². The molecule has 1 heterocycles. The third-order valence-electron chi connectivity index (χ3n) is 2.95. The van der Waals surface area contributed by atoms with Crippen molar-refractivity contribution >= 4 is 0 Å². The summed E-state index contributed by atoms with van der Waals surface area (Å²) in [5.41, 5.74) is 1.06. The fraction of sp³-hybridized carbons (Fsp3) is 0.538. The Balaban J connectivity index is 2.05. The average molecular weight is 205 g/mol. The molecule has 2 rings (SSSR count). The molecule has 0 saturated carbocycles. The van der Waals surface area contributed by atoms with E-state index in [0.29, 0.717) is 6.10 Å². The third-order valence-corrected chi connectivity index (χ3v) is 2.95. The van der Waals surface area contributed by atoms with Gasteiger partial charge in [0.15, 0.2) is 0 Å². The summed E-state index contributed by atoms with van der Waals surface area (Å²) in [5.74, 6) is 0. The van der Waals surface area contributed by atoms with Crippen LogP contribution in [0.5, 0.6) is 0 Å². The summed E-state index contributed by atoms with van der Waals surface area (Å²) in [6, 6.07) is 10.4. The molecule has 0 spiro atoms. The highest BCUT2D eigenvalue weighted by atomic mass is 16.5. The van der Waals surface area contributed by atoms with Crippen LogP contribution in [0.25, 0.3) is 0 Å². The lowest BCUT2D eigenvalue weighted by Gasteiger charge is -2.29. The zero-order valence-corrected chi connectivity index (χ0v) is 9.49. The molecular formula is C13H19NO. The summed E-state index contributed by atoms with van der Waals surface area (Å²) in [6.07, 6.45) is 1.48. The van der Waals surface area contributed by atoms with Crippen LogP contribution in [-0.2, 0) is 10.3 Å². The van der Waals surface area contributed by atoms with Gasteiger partial charge < -0.3 is 10.1 Å². The van der Waals surface area contributed by atoms with Crippen molar-refractivity contribution in [1.29, 1.82) is 0 Å². The molecule has 1 aliphatic heterocycles. The van der Waals surface area contributed by atoms with E-state index in [1.165, 1.54) is 5.56 Å². The number of nitrogens with one attached hydrogen (secondary N) is 1. The van der Waals surface area contributed by atoms with Gasteiger partial charge in [0.1, 0.15) is 0 Å². The lowest BCUT2D eigenvalue weighted by Crippen LogP contribution is -2.29. The standard InChI is InChI=1S/C13H19NO/c1-13(2,11-6-4-3-5-7-11)15-12-8-9-14-10-12/h3-7,12,14H,8-10H2,1-2H3. The summed E-state index contributed by atoms with van der Waals surface area (Å²) >= 11 is 0. The first-order valence-corrected chi connectivity index (χ1v) is 5.62. The van der Waals surface area contributed by atoms with Gasteiger partial charge in [0.05, 0.1) is 11.7 Å². The van der Waals surface area contributed by atoms with E-state index >= 15 is 0 Å². The maximum Gasteiger partial charge on any atom is 0.0879 e. The van der Waals surface area contributed by atoms with Crippen molar-refractivity contribution in [1.82, 2.24) is 5.32 Å². The first-order chi connectivity index (χ1) is 7.18. The molecule has 1 atom stereocenters. The van der Waals surface area contributed by atoms with Gasteiger partial charge in [0.25, 0.3) is 0 Å². The Bertz CT molecular complexity index is 302. The Morgan fingerprint density at radius 1 is 1.27 bits per heavy atom. The summed E-state index contributed by atoms with van der Waals surface area (Å²) in [4.78, 5) is 0. The van der Waals surface area contributed by atoms with Gasteiger partial charge >= 0.3 is 0 Å². The topological polar surface area (TPSA) is 21.3 Å². The molecule has 15 heavy (non-hydrogen) atoms. The SMILES string of the molecule is CC(C)(OC1CCNC1)c1ccccc1. The largest absolute Gasteiger partial charge is 0.366 e. The molecule has 0 bridgehead atoms. The molecule has 1 aliphatic rings. The normalized spacial score (nSPS) is 21.9. The molecule has 0 aliphatic carbocycles. The molecule has 0 amide bonds. The maximum atomic E-state index is 6.12. The fourth-order valence-electron chi connectivity index (χ4n) is 2.05. The predicted molar refractivity (Wildman–Crippen MR) is 61.8 cm³/mol. The first kappa shape index (κ1) is 10.7. The minimum atomic E-state index is -0.183. The van der Waals surface area contributed by atoms with Crippen LogP contribution in [0.2, 0.25) is 0 Å². The number of benzene rings is 1. The van der Waals surface area contributed by atoms with E-state index in [0.717, 1.165) is 19.5 Å². The van der Waals surface area contributed by atoms with Crippen LogP contribution in [-0.4, -0.2) is 19.2 Å². The van der Waals surface area contributed by atoms with Crippen LogP contribution >= 0.6 is 0 Å². The molecule has 1 aromatic rings. The van der Waals surface area contributed by atoms with E-state index in [2.05, 4.69) is 43.4 Å². The highest BCUT2D eigenvalue weighted by Crippen LogP contribution is 2.27. The van der Waals surface area contributed by atoms with Crippen LogP contribution in [0.4, 0.5) is 0 Å². The van der Waals surface area contributed by atoms with Crippen molar-refractivity contribution in [2.75, 3.05) is 13.1 Å². The van der Waals surface area contributed by atoms with Crippen LogP contribution in [0, 0.1) is 0 Å². The van der Waals surface area contributed by atoms with E-state index < -0.39 is 0 Å². The molecule has 2 nitrogen and oxygen atoms in total. The van der Waals surface area contributed by atoms with Crippen LogP contribution < -0.4 is 5.32 Å². The number of hydrogen-bond acceptors (Lipinski definition) is 2. The molecule has 1 saturated heterocycles. The Hall–Kier alpha value is -0.860. The van der Waals surface area contributed by atoms with E-state index in [4.69, 9.17) is 4.74 Å². The quantitative estimate of drug-likeness (QED) is 0.817. The highest BCUT2D eigenvalue weighted by molar-refractivity contribution is 5.20. The minimum absolute atomic E-state index is 0.183. The minimum Gasteiger partial charge on any atom is -0.366 e. The second kappa shape index (κ2) is 4.33. The second-order valence-electron chi connectivity index (χ2n) is 4.61. The van der Waals surface area contributed by atoms with Crippen molar-refractivity contribution < 1.29 is 4.74 Å². The van der Waals surface area contributed by atoms with Crippen LogP contribution in [0.15, 0.2) is 30.3 Å².